The number of aryl methyl sites for hydroxylation is 1. The van der Waals surface area contributed by atoms with E-state index in [-0.39, 0.29) is 29.1 Å². The van der Waals surface area contributed by atoms with Crippen LogP contribution < -0.4 is 16.2 Å². The van der Waals surface area contributed by atoms with Gasteiger partial charge in [0.1, 0.15) is 11.5 Å². The summed E-state index contributed by atoms with van der Waals surface area (Å²) in [5, 5.41) is 5.48. The van der Waals surface area contributed by atoms with Crippen molar-refractivity contribution in [3.05, 3.63) is 64.3 Å². The highest BCUT2D eigenvalue weighted by molar-refractivity contribution is 5.89. The van der Waals surface area contributed by atoms with E-state index in [0.29, 0.717) is 12.5 Å². The molecule has 2 N–H and O–H groups in total. The minimum Gasteiger partial charge on any atom is -0.335 e. The first-order valence-corrected chi connectivity index (χ1v) is 8.09. The molecule has 0 unspecified atom stereocenters. The Labute approximate surface area is 139 Å². The number of aromatic nitrogens is 1. The number of hydrogen-bond acceptors (Lipinski definition) is 2. The summed E-state index contributed by atoms with van der Waals surface area (Å²) in [4.78, 5) is 24.1. The van der Waals surface area contributed by atoms with E-state index >= 15 is 0 Å². The van der Waals surface area contributed by atoms with Gasteiger partial charge >= 0.3 is 6.03 Å². The van der Waals surface area contributed by atoms with Gasteiger partial charge in [0.15, 0.2) is 0 Å². The number of carbonyl (C=O) groups is 1. The van der Waals surface area contributed by atoms with Crippen LogP contribution in [-0.2, 0) is 6.54 Å². The minimum absolute atomic E-state index is 0.0668. The summed E-state index contributed by atoms with van der Waals surface area (Å²) in [7, 11) is 0. The maximum Gasteiger partial charge on any atom is 0.319 e. The lowest BCUT2D eigenvalue weighted by molar-refractivity contribution is 0.233. The van der Waals surface area contributed by atoms with Gasteiger partial charge in [0.2, 0.25) is 0 Å². The largest absolute Gasteiger partial charge is 0.335 e. The molecule has 0 aliphatic heterocycles. The number of carbonyl (C=O) groups excluding carboxylic acids is 1. The van der Waals surface area contributed by atoms with Crippen LogP contribution in [0.5, 0.6) is 0 Å². The smallest absolute Gasteiger partial charge is 0.319 e. The third-order valence-corrected chi connectivity index (χ3v) is 4.42. The van der Waals surface area contributed by atoms with Gasteiger partial charge in [-0.3, -0.25) is 4.79 Å². The van der Waals surface area contributed by atoms with Crippen molar-refractivity contribution in [2.75, 3.05) is 5.32 Å². The highest BCUT2D eigenvalue weighted by atomic mass is 19.1. The van der Waals surface area contributed by atoms with E-state index in [4.69, 9.17) is 0 Å². The van der Waals surface area contributed by atoms with Gasteiger partial charge in [0.25, 0.3) is 5.56 Å². The maximum atomic E-state index is 12.9. The third-order valence-electron chi connectivity index (χ3n) is 4.42. The van der Waals surface area contributed by atoms with Gasteiger partial charge in [-0.05, 0) is 55.5 Å². The molecule has 1 saturated carbocycles. The van der Waals surface area contributed by atoms with Gasteiger partial charge in [-0.2, -0.15) is 0 Å². The Morgan fingerprint density at radius 2 is 1.96 bits per heavy atom. The number of rotatable bonds is 4. The van der Waals surface area contributed by atoms with Crippen LogP contribution in [0.15, 0.2) is 47.4 Å². The Bertz CT molecular complexity index is 780. The summed E-state index contributed by atoms with van der Waals surface area (Å²) in [6.07, 6.45) is 3.31. The molecule has 24 heavy (non-hydrogen) atoms. The van der Waals surface area contributed by atoms with Crippen molar-refractivity contribution in [1.29, 1.82) is 0 Å². The zero-order chi connectivity index (χ0) is 17.1. The van der Waals surface area contributed by atoms with E-state index < -0.39 is 0 Å². The van der Waals surface area contributed by atoms with Crippen molar-refractivity contribution >= 4 is 11.7 Å². The number of pyridine rings is 1. The van der Waals surface area contributed by atoms with Crippen molar-refractivity contribution in [3.8, 4) is 0 Å². The summed E-state index contributed by atoms with van der Waals surface area (Å²) >= 11 is 0. The monoisotopic (exact) mass is 329 g/mol. The lowest BCUT2D eigenvalue weighted by Gasteiger charge is -2.36. The van der Waals surface area contributed by atoms with Gasteiger partial charge in [0, 0.05) is 18.8 Å². The van der Waals surface area contributed by atoms with E-state index in [9.17, 15) is 14.0 Å². The molecular weight excluding hydrogens is 309 g/mol. The molecule has 0 atom stereocenters. The van der Waals surface area contributed by atoms with Crippen LogP contribution in [0.2, 0.25) is 0 Å². The molecule has 1 aromatic heterocycles. The zero-order valence-corrected chi connectivity index (χ0v) is 13.5. The van der Waals surface area contributed by atoms with Crippen molar-refractivity contribution in [2.24, 2.45) is 0 Å². The van der Waals surface area contributed by atoms with Crippen LogP contribution in [0, 0.1) is 5.82 Å². The Kier molecular flexibility index (Phi) is 4.64. The standard InChI is InChI=1S/C18H20FN3O2/c1-2-22-9-3-4-16(17(22)23)21-18(24)20-15-10-13(11-15)12-5-7-14(19)8-6-12/h3-9,13,15H,2,10-11H2,1H3,(H2,20,21,24). The fourth-order valence-electron chi connectivity index (χ4n) is 2.97. The van der Waals surface area contributed by atoms with E-state index in [1.807, 2.05) is 6.92 Å². The Hall–Kier alpha value is -2.63. The van der Waals surface area contributed by atoms with Crippen molar-refractivity contribution in [1.82, 2.24) is 9.88 Å². The molecule has 1 aliphatic rings. The molecule has 6 heteroatoms. The number of amides is 2. The normalized spacial score (nSPS) is 19.4. The molecule has 2 amide bonds. The molecule has 126 valence electrons. The molecule has 5 nitrogen and oxygen atoms in total. The Morgan fingerprint density at radius 3 is 2.62 bits per heavy atom. The SMILES string of the molecule is CCn1cccc(NC(=O)NC2CC(c3ccc(F)cc3)C2)c1=O. The van der Waals surface area contributed by atoms with Crippen LogP contribution >= 0.6 is 0 Å². The van der Waals surface area contributed by atoms with Crippen LogP contribution in [0.25, 0.3) is 0 Å². The highest BCUT2D eigenvalue weighted by Gasteiger charge is 2.31. The van der Waals surface area contributed by atoms with Crippen LogP contribution in [0.3, 0.4) is 0 Å². The number of nitrogens with zero attached hydrogens (tertiary/aromatic N) is 1. The number of urea groups is 1. The quantitative estimate of drug-likeness (QED) is 0.905. The average molecular weight is 329 g/mol. The van der Waals surface area contributed by atoms with Gasteiger partial charge in [0.05, 0.1) is 0 Å². The second kappa shape index (κ2) is 6.86. The van der Waals surface area contributed by atoms with Gasteiger partial charge in [-0.15, -0.1) is 0 Å². The second-order valence-electron chi connectivity index (χ2n) is 6.03. The average Bonchev–Trinajstić information content (AvgIpc) is 2.54. The molecular formula is C18H20FN3O2. The summed E-state index contributed by atoms with van der Waals surface area (Å²) in [6.45, 7) is 2.42. The molecule has 0 spiro atoms. The first-order valence-electron chi connectivity index (χ1n) is 8.09. The molecule has 1 heterocycles. The summed E-state index contributed by atoms with van der Waals surface area (Å²) < 4.78 is 14.5. The van der Waals surface area contributed by atoms with Crippen LogP contribution in [0.1, 0.15) is 31.2 Å². The summed E-state index contributed by atoms with van der Waals surface area (Å²) in [5.74, 6) is 0.0951. The summed E-state index contributed by atoms with van der Waals surface area (Å²) in [6, 6.07) is 9.50. The predicted molar refractivity (Wildman–Crippen MR) is 90.7 cm³/mol. The second-order valence-corrected chi connectivity index (χ2v) is 6.03. The van der Waals surface area contributed by atoms with E-state index in [2.05, 4.69) is 10.6 Å². The first kappa shape index (κ1) is 16.2. The van der Waals surface area contributed by atoms with Crippen molar-refractivity contribution in [2.45, 2.75) is 38.3 Å². The molecule has 0 bridgehead atoms. The van der Waals surface area contributed by atoms with Crippen molar-refractivity contribution in [3.63, 3.8) is 0 Å². The lowest BCUT2D eigenvalue weighted by Crippen LogP contribution is -2.45. The van der Waals surface area contributed by atoms with E-state index in [1.165, 1.54) is 16.7 Å². The first-order chi connectivity index (χ1) is 11.6. The van der Waals surface area contributed by atoms with Gasteiger partial charge in [-0.25, -0.2) is 9.18 Å². The zero-order valence-electron chi connectivity index (χ0n) is 13.5. The molecule has 3 rings (SSSR count). The Morgan fingerprint density at radius 1 is 1.25 bits per heavy atom. The van der Waals surface area contributed by atoms with Gasteiger partial charge in [-0.1, -0.05) is 12.1 Å². The summed E-state index contributed by atoms with van der Waals surface area (Å²) in [5.41, 5.74) is 1.14. The van der Waals surface area contributed by atoms with E-state index in [1.54, 1.807) is 30.5 Å². The van der Waals surface area contributed by atoms with Crippen LogP contribution in [-0.4, -0.2) is 16.6 Å². The van der Waals surface area contributed by atoms with Crippen molar-refractivity contribution < 1.29 is 9.18 Å². The van der Waals surface area contributed by atoms with E-state index in [0.717, 1.165) is 18.4 Å². The number of nitrogens with one attached hydrogen (secondary N) is 2. The predicted octanol–water partition coefficient (Wildman–Crippen LogP) is 3.08. The number of hydrogen-bond donors (Lipinski definition) is 2. The molecule has 1 aromatic carbocycles. The fraction of sp³-hybridized carbons (Fsp3) is 0.333. The highest BCUT2D eigenvalue weighted by Crippen LogP contribution is 2.36. The maximum absolute atomic E-state index is 12.9. The molecule has 2 aromatic rings. The number of halogens is 1. The topological polar surface area (TPSA) is 63.1 Å². The number of benzene rings is 1. The molecule has 1 fully saturated rings. The number of anilines is 1. The lowest BCUT2D eigenvalue weighted by atomic mass is 9.76. The van der Waals surface area contributed by atoms with Crippen LogP contribution in [0.4, 0.5) is 14.9 Å². The molecule has 1 aliphatic carbocycles. The minimum atomic E-state index is -0.372. The molecule has 0 saturated heterocycles. The fourth-order valence-corrected chi connectivity index (χ4v) is 2.97. The van der Waals surface area contributed by atoms with Gasteiger partial charge < -0.3 is 15.2 Å². The molecule has 0 radical (unpaired) electrons. The Balaban J connectivity index is 1.52. The third kappa shape index (κ3) is 3.48.